The van der Waals surface area contributed by atoms with Crippen molar-refractivity contribution in [2.24, 2.45) is 0 Å². The highest BCUT2D eigenvalue weighted by atomic mass is 16.6. The minimum absolute atomic E-state index is 0.0966. The fourth-order valence-electron chi connectivity index (χ4n) is 6.80. The van der Waals surface area contributed by atoms with Crippen LogP contribution in [0.4, 0.5) is 0 Å². The van der Waals surface area contributed by atoms with Gasteiger partial charge < -0.3 is 14.2 Å². The maximum absolute atomic E-state index is 12.8. The van der Waals surface area contributed by atoms with E-state index in [0.29, 0.717) is 19.3 Å². The van der Waals surface area contributed by atoms with Crippen LogP contribution in [-0.4, -0.2) is 37.2 Å². The Balaban J connectivity index is 4.46. The molecule has 6 heteroatoms. The highest BCUT2D eigenvalue weighted by Gasteiger charge is 2.19. The summed E-state index contributed by atoms with van der Waals surface area (Å²) in [6.07, 6.45) is 64.3. The Morgan fingerprint density at radius 2 is 0.645 bits per heavy atom. The van der Waals surface area contributed by atoms with Gasteiger partial charge in [0, 0.05) is 19.3 Å². The number of unbranched alkanes of at least 4 members (excludes halogenated alkanes) is 20. The number of carbonyl (C=O) groups is 3. The van der Waals surface area contributed by atoms with E-state index in [9.17, 15) is 14.4 Å². The fourth-order valence-corrected chi connectivity index (χ4v) is 6.80. The van der Waals surface area contributed by atoms with Crippen LogP contribution in [0.2, 0.25) is 0 Å². The lowest BCUT2D eigenvalue weighted by molar-refractivity contribution is -0.167. The largest absolute Gasteiger partial charge is 0.462 e. The first-order chi connectivity index (χ1) is 30.5. The lowest BCUT2D eigenvalue weighted by atomic mass is 10.1. The van der Waals surface area contributed by atoms with E-state index < -0.39 is 6.10 Å². The summed E-state index contributed by atoms with van der Waals surface area (Å²) in [5, 5.41) is 0. The van der Waals surface area contributed by atoms with Crippen LogP contribution >= 0.6 is 0 Å². The molecule has 0 aromatic heterocycles. The quantitative estimate of drug-likeness (QED) is 0.0263. The Morgan fingerprint density at radius 3 is 1.08 bits per heavy atom. The molecule has 0 radical (unpaired) electrons. The first-order valence-electron chi connectivity index (χ1n) is 25.6. The molecule has 0 saturated carbocycles. The molecule has 0 heterocycles. The van der Waals surface area contributed by atoms with Gasteiger partial charge in [0.15, 0.2) is 6.10 Å². The van der Waals surface area contributed by atoms with E-state index in [1.165, 1.54) is 96.3 Å². The number of carbonyl (C=O) groups excluding carboxylic acids is 3. The summed E-state index contributed by atoms with van der Waals surface area (Å²) >= 11 is 0. The zero-order valence-corrected chi connectivity index (χ0v) is 40.4. The fraction of sp³-hybridized carbons (Fsp3) is 0.696. The van der Waals surface area contributed by atoms with Gasteiger partial charge in [0.25, 0.3) is 0 Å². The summed E-state index contributed by atoms with van der Waals surface area (Å²) in [5.41, 5.74) is 0. The Kier molecular flexibility index (Phi) is 47.5. The lowest BCUT2D eigenvalue weighted by Crippen LogP contribution is -2.30. The molecule has 354 valence electrons. The van der Waals surface area contributed by atoms with Crippen molar-refractivity contribution in [2.75, 3.05) is 13.2 Å². The number of rotatable bonds is 45. The average Bonchev–Trinajstić information content (AvgIpc) is 3.27. The standard InChI is InChI=1S/C56H94O6/c1-4-7-10-13-16-19-22-24-26-28-30-32-34-37-40-43-46-49-55(58)61-52-53(51-60-54(57)48-45-42-39-36-21-18-15-12-9-6-3)62-56(59)50-47-44-41-38-35-33-31-29-27-25-23-20-17-14-11-8-5-2/h7,10,16-17,19-20,24-27,30,32,37,40,53H,4-6,8-9,11-15,18,21-23,28-29,31,33-36,38-39,41-52H2,1-3H3/b10-7-,19-16-,20-17-,26-24-,27-25-,32-30-,40-37-. The molecule has 0 aromatic rings. The first-order valence-corrected chi connectivity index (χ1v) is 25.6. The molecular formula is C56H94O6. The minimum atomic E-state index is -0.801. The van der Waals surface area contributed by atoms with Gasteiger partial charge in [0.05, 0.1) is 0 Å². The van der Waals surface area contributed by atoms with Crippen molar-refractivity contribution in [3.63, 3.8) is 0 Å². The molecule has 1 atom stereocenters. The molecule has 0 bridgehead atoms. The third kappa shape index (κ3) is 47.6. The monoisotopic (exact) mass is 863 g/mol. The van der Waals surface area contributed by atoms with Crippen molar-refractivity contribution in [1.82, 2.24) is 0 Å². The third-order valence-corrected chi connectivity index (χ3v) is 10.6. The van der Waals surface area contributed by atoms with Gasteiger partial charge in [-0.05, 0) is 89.9 Å². The SMILES string of the molecule is CC/C=C\C/C=C\C/C=C\C/C=C\C/C=C\CCCC(=O)OCC(COC(=O)CCCCCCCCCCCC)OC(=O)CCCCCCCCC/C=C\C/C=C\CCCCC. The summed E-state index contributed by atoms with van der Waals surface area (Å²) in [6, 6.07) is 0. The normalized spacial score (nSPS) is 12.8. The van der Waals surface area contributed by atoms with Crippen LogP contribution in [0.3, 0.4) is 0 Å². The summed E-state index contributed by atoms with van der Waals surface area (Å²) < 4.78 is 16.7. The van der Waals surface area contributed by atoms with Gasteiger partial charge in [-0.25, -0.2) is 0 Å². The lowest BCUT2D eigenvalue weighted by Gasteiger charge is -2.18. The predicted octanol–water partition coefficient (Wildman–Crippen LogP) is 16.8. The van der Waals surface area contributed by atoms with E-state index in [1.54, 1.807) is 0 Å². The number of ether oxygens (including phenoxy) is 3. The van der Waals surface area contributed by atoms with Gasteiger partial charge in [0.1, 0.15) is 13.2 Å². The van der Waals surface area contributed by atoms with Gasteiger partial charge in [0.2, 0.25) is 0 Å². The van der Waals surface area contributed by atoms with Crippen LogP contribution in [0.15, 0.2) is 85.1 Å². The molecule has 0 aromatic carbocycles. The molecule has 0 aliphatic heterocycles. The highest BCUT2D eigenvalue weighted by molar-refractivity contribution is 5.71. The first kappa shape index (κ1) is 58.6. The third-order valence-electron chi connectivity index (χ3n) is 10.6. The van der Waals surface area contributed by atoms with Crippen molar-refractivity contribution in [3.8, 4) is 0 Å². The predicted molar refractivity (Wildman–Crippen MR) is 265 cm³/mol. The molecule has 0 aliphatic carbocycles. The molecule has 0 spiro atoms. The Bertz CT molecular complexity index is 1220. The van der Waals surface area contributed by atoms with E-state index in [0.717, 1.165) is 89.9 Å². The van der Waals surface area contributed by atoms with Crippen LogP contribution in [0.25, 0.3) is 0 Å². The van der Waals surface area contributed by atoms with Crippen LogP contribution in [0.5, 0.6) is 0 Å². The van der Waals surface area contributed by atoms with Crippen molar-refractivity contribution in [2.45, 2.75) is 239 Å². The van der Waals surface area contributed by atoms with Crippen LogP contribution in [-0.2, 0) is 28.6 Å². The molecule has 62 heavy (non-hydrogen) atoms. The zero-order chi connectivity index (χ0) is 45.1. The summed E-state index contributed by atoms with van der Waals surface area (Å²) in [5.74, 6) is -0.968. The number of esters is 3. The van der Waals surface area contributed by atoms with Gasteiger partial charge in [-0.1, -0.05) is 209 Å². The molecule has 6 nitrogen and oxygen atoms in total. The molecule has 0 fully saturated rings. The van der Waals surface area contributed by atoms with Crippen LogP contribution in [0, 0.1) is 0 Å². The Labute approximate surface area is 382 Å². The van der Waals surface area contributed by atoms with E-state index in [4.69, 9.17) is 14.2 Å². The summed E-state index contributed by atoms with van der Waals surface area (Å²) in [7, 11) is 0. The number of hydrogen-bond donors (Lipinski definition) is 0. The van der Waals surface area contributed by atoms with Crippen molar-refractivity contribution < 1.29 is 28.6 Å². The van der Waals surface area contributed by atoms with E-state index in [-0.39, 0.29) is 37.5 Å². The zero-order valence-electron chi connectivity index (χ0n) is 40.4. The Hall–Kier alpha value is -3.41. The van der Waals surface area contributed by atoms with E-state index in [2.05, 4.69) is 106 Å². The van der Waals surface area contributed by atoms with Gasteiger partial charge in [-0.15, -0.1) is 0 Å². The Morgan fingerprint density at radius 1 is 0.339 bits per heavy atom. The van der Waals surface area contributed by atoms with Crippen molar-refractivity contribution in [3.05, 3.63) is 85.1 Å². The number of hydrogen-bond acceptors (Lipinski definition) is 6. The number of allylic oxidation sites excluding steroid dienone is 14. The average molecular weight is 863 g/mol. The van der Waals surface area contributed by atoms with Crippen LogP contribution < -0.4 is 0 Å². The molecular weight excluding hydrogens is 769 g/mol. The summed E-state index contributed by atoms with van der Waals surface area (Å²) in [6.45, 7) is 6.43. The molecule has 0 aliphatic rings. The van der Waals surface area contributed by atoms with Gasteiger partial charge in [-0.2, -0.15) is 0 Å². The molecule has 0 rings (SSSR count). The van der Waals surface area contributed by atoms with Crippen molar-refractivity contribution in [1.29, 1.82) is 0 Å². The second-order valence-electron chi connectivity index (χ2n) is 16.7. The maximum atomic E-state index is 12.8. The molecule has 0 amide bonds. The second kappa shape index (κ2) is 50.2. The van der Waals surface area contributed by atoms with Gasteiger partial charge in [-0.3, -0.25) is 14.4 Å². The molecule has 1 unspecified atom stereocenters. The summed E-state index contributed by atoms with van der Waals surface area (Å²) in [4.78, 5) is 37.9. The smallest absolute Gasteiger partial charge is 0.306 e. The van der Waals surface area contributed by atoms with E-state index >= 15 is 0 Å². The van der Waals surface area contributed by atoms with Gasteiger partial charge >= 0.3 is 17.9 Å². The van der Waals surface area contributed by atoms with E-state index in [1.807, 2.05) is 0 Å². The topological polar surface area (TPSA) is 78.9 Å². The van der Waals surface area contributed by atoms with Crippen molar-refractivity contribution >= 4 is 17.9 Å². The maximum Gasteiger partial charge on any atom is 0.306 e. The molecule has 0 saturated heterocycles. The molecule has 0 N–H and O–H groups in total. The van der Waals surface area contributed by atoms with Crippen LogP contribution in [0.1, 0.15) is 233 Å². The highest BCUT2D eigenvalue weighted by Crippen LogP contribution is 2.14. The second-order valence-corrected chi connectivity index (χ2v) is 16.7. The minimum Gasteiger partial charge on any atom is -0.462 e.